The lowest BCUT2D eigenvalue weighted by atomic mass is 9.83. The Morgan fingerprint density at radius 1 is 1.33 bits per heavy atom. The number of carbonyl (C=O) groups is 1. The van der Waals surface area contributed by atoms with Gasteiger partial charge in [0.2, 0.25) is 0 Å². The zero-order valence-electron chi connectivity index (χ0n) is 9.58. The van der Waals surface area contributed by atoms with E-state index >= 15 is 0 Å². The number of benzene rings is 1. The maximum atomic E-state index is 11.0. The summed E-state index contributed by atoms with van der Waals surface area (Å²) in [6, 6.07) is 6.07. The highest BCUT2D eigenvalue weighted by Gasteiger charge is 2.34. The molecule has 1 saturated heterocycles. The van der Waals surface area contributed by atoms with E-state index in [-0.39, 0.29) is 0 Å². The van der Waals surface area contributed by atoms with Crippen LogP contribution in [0.5, 0.6) is 0 Å². The second kappa shape index (κ2) is 3.37. The summed E-state index contributed by atoms with van der Waals surface area (Å²) in [6.45, 7) is 8.58. The van der Waals surface area contributed by atoms with Gasteiger partial charge in [-0.1, -0.05) is 25.5 Å². The molecular weight excluding hydrogens is 186 g/mol. The highest BCUT2D eigenvalue weighted by atomic mass is 16.1. The molecule has 1 aromatic carbocycles. The van der Waals surface area contributed by atoms with Crippen molar-refractivity contribution in [1.82, 2.24) is 0 Å². The van der Waals surface area contributed by atoms with Crippen molar-refractivity contribution in [2.75, 3.05) is 18.0 Å². The molecule has 2 rings (SSSR count). The molecular formula is C13H17NO. The van der Waals surface area contributed by atoms with Crippen molar-refractivity contribution in [2.45, 2.75) is 20.8 Å². The number of rotatable bonds is 2. The SMILES string of the molecule is Cc1ccc(N2CC(C)(C)C2)c(C=O)c1. The Labute approximate surface area is 90.9 Å². The molecule has 80 valence electrons. The van der Waals surface area contributed by atoms with Crippen molar-refractivity contribution < 1.29 is 4.79 Å². The molecule has 0 saturated carbocycles. The van der Waals surface area contributed by atoms with Crippen molar-refractivity contribution in [1.29, 1.82) is 0 Å². The lowest BCUT2D eigenvalue weighted by Gasteiger charge is -2.47. The molecule has 0 aliphatic carbocycles. The molecule has 0 atom stereocenters. The Bertz CT molecular complexity index is 388. The number of aldehydes is 1. The summed E-state index contributed by atoms with van der Waals surface area (Å²) in [7, 11) is 0. The molecule has 0 N–H and O–H groups in total. The third kappa shape index (κ3) is 1.89. The van der Waals surface area contributed by atoms with Gasteiger partial charge < -0.3 is 4.90 Å². The first kappa shape index (κ1) is 10.2. The minimum atomic E-state index is 0.394. The standard InChI is InChI=1S/C13H17NO/c1-10-4-5-12(11(6-10)7-15)14-8-13(2,3)9-14/h4-7H,8-9H2,1-3H3. The first-order valence-corrected chi connectivity index (χ1v) is 5.33. The van der Waals surface area contributed by atoms with Crippen LogP contribution in [0.15, 0.2) is 18.2 Å². The van der Waals surface area contributed by atoms with Gasteiger partial charge in [-0.2, -0.15) is 0 Å². The molecule has 0 radical (unpaired) electrons. The molecule has 1 aliphatic rings. The monoisotopic (exact) mass is 203 g/mol. The second-order valence-electron chi connectivity index (χ2n) is 5.20. The first-order chi connectivity index (χ1) is 7.02. The Morgan fingerprint density at radius 2 is 2.00 bits per heavy atom. The van der Waals surface area contributed by atoms with E-state index in [0.717, 1.165) is 36.2 Å². The lowest BCUT2D eigenvalue weighted by Crippen LogP contribution is -2.53. The van der Waals surface area contributed by atoms with Gasteiger partial charge >= 0.3 is 0 Å². The topological polar surface area (TPSA) is 20.3 Å². The number of hydrogen-bond donors (Lipinski definition) is 0. The molecule has 1 aliphatic heterocycles. The van der Waals surface area contributed by atoms with Gasteiger partial charge in [-0.05, 0) is 24.5 Å². The molecule has 0 unspecified atom stereocenters. The molecule has 15 heavy (non-hydrogen) atoms. The summed E-state index contributed by atoms with van der Waals surface area (Å²) < 4.78 is 0. The van der Waals surface area contributed by atoms with Crippen molar-refractivity contribution in [3.05, 3.63) is 29.3 Å². The minimum Gasteiger partial charge on any atom is -0.370 e. The van der Waals surface area contributed by atoms with Gasteiger partial charge in [0.25, 0.3) is 0 Å². The van der Waals surface area contributed by atoms with Gasteiger partial charge in [-0.3, -0.25) is 4.79 Å². The predicted molar refractivity (Wildman–Crippen MR) is 62.6 cm³/mol. The summed E-state index contributed by atoms with van der Waals surface area (Å²) >= 11 is 0. The highest BCUT2D eigenvalue weighted by Crippen LogP contribution is 2.34. The fraction of sp³-hybridized carbons (Fsp3) is 0.462. The summed E-state index contributed by atoms with van der Waals surface area (Å²) in [5, 5.41) is 0. The summed E-state index contributed by atoms with van der Waals surface area (Å²) in [4.78, 5) is 13.2. The van der Waals surface area contributed by atoms with Crippen molar-refractivity contribution in [3.63, 3.8) is 0 Å². The second-order valence-corrected chi connectivity index (χ2v) is 5.20. The van der Waals surface area contributed by atoms with Gasteiger partial charge in [0.05, 0.1) is 0 Å². The largest absolute Gasteiger partial charge is 0.370 e. The first-order valence-electron chi connectivity index (χ1n) is 5.33. The molecule has 0 amide bonds. The van der Waals surface area contributed by atoms with Gasteiger partial charge in [0.1, 0.15) is 0 Å². The number of aryl methyl sites for hydroxylation is 1. The van der Waals surface area contributed by atoms with E-state index in [9.17, 15) is 4.79 Å². The number of nitrogens with zero attached hydrogens (tertiary/aromatic N) is 1. The van der Waals surface area contributed by atoms with Crippen LogP contribution in [-0.2, 0) is 0 Å². The van der Waals surface area contributed by atoms with E-state index in [0.29, 0.717) is 5.41 Å². The zero-order chi connectivity index (χ0) is 11.1. The van der Waals surface area contributed by atoms with Crippen LogP contribution in [0.3, 0.4) is 0 Å². The number of carbonyl (C=O) groups excluding carboxylic acids is 1. The van der Waals surface area contributed by atoms with Crippen LogP contribution in [0.25, 0.3) is 0 Å². The number of hydrogen-bond acceptors (Lipinski definition) is 2. The van der Waals surface area contributed by atoms with E-state index in [1.54, 1.807) is 0 Å². The highest BCUT2D eigenvalue weighted by molar-refractivity contribution is 5.85. The van der Waals surface area contributed by atoms with Gasteiger partial charge in [0, 0.05) is 24.3 Å². The van der Waals surface area contributed by atoms with E-state index in [1.807, 2.05) is 19.1 Å². The Morgan fingerprint density at radius 3 is 2.53 bits per heavy atom. The van der Waals surface area contributed by atoms with E-state index in [4.69, 9.17) is 0 Å². The third-order valence-electron chi connectivity index (χ3n) is 2.89. The quantitative estimate of drug-likeness (QED) is 0.689. The summed E-state index contributed by atoms with van der Waals surface area (Å²) in [5.41, 5.74) is 3.42. The Balaban J connectivity index is 2.26. The van der Waals surface area contributed by atoms with Crippen LogP contribution in [0, 0.1) is 12.3 Å². The van der Waals surface area contributed by atoms with Crippen LogP contribution in [-0.4, -0.2) is 19.4 Å². The fourth-order valence-corrected chi connectivity index (χ4v) is 2.21. The predicted octanol–water partition coefficient (Wildman–Crippen LogP) is 2.65. The molecule has 0 bridgehead atoms. The maximum absolute atomic E-state index is 11.0. The molecule has 1 heterocycles. The lowest BCUT2D eigenvalue weighted by molar-refractivity contribution is 0.112. The van der Waals surface area contributed by atoms with Gasteiger partial charge in [-0.15, -0.1) is 0 Å². The summed E-state index contributed by atoms with van der Waals surface area (Å²) in [5.74, 6) is 0. The molecule has 0 aromatic heterocycles. The van der Waals surface area contributed by atoms with Gasteiger partial charge in [-0.25, -0.2) is 0 Å². The zero-order valence-corrected chi connectivity index (χ0v) is 9.58. The van der Waals surface area contributed by atoms with E-state index in [1.165, 1.54) is 0 Å². The summed E-state index contributed by atoms with van der Waals surface area (Å²) in [6.07, 6.45) is 0.952. The molecule has 1 aromatic rings. The van der Waals surface area contributed by atoms with E-state index < -0.39 is 0 Å². The third-order valence-corrected chi connectivity index (χ3v) is 2.89. The van der Waals surface area contributed by atoms with Crippen LogP contribution in [0.2, 0.25) is 0 Å². The van der Waals surface area contributed by atoms with Gasteiger partial charge in [0.15, 0.2) is 6.29 Å². The molecule has 0 spiro atoms. The van der Waals surface area contributed by atoms with Crippen molar-refractivity contribution in [2.24, 2.45) is 5.41 Å². The molecule has 2 nitrogen and oxygen atoms in total. The molecule has 2 heteroatoms. The Kier molecular flexibility index (Phi) is 2.29. The van der Waals surface area contributed by atoms with Crippen LogP contribution in [0.4, 0.5) is 5.69 Å². The minimum absolute atomic E-state index is 0.394. The normalized spacial score (nSPS) is 18.5. The average molecular weight is 203 g/mol. The van der Waals surface area contributed by atoms with E-state index in [2.05, 4.69) is 24.8 Å². The smallest absolute Gasteiger partial charge is 0.152 e. The molecule has 1 fully saturated rings. The van der Waals surface area contributed by atoms with Crippen LogP contribution >= 0.6 is 0 Å². The van der Waals surface area contributed by atoms with Crippen molar-refractivity contribution >= 4 is 12.0 Å². The van der Waals surface area contributed by atoms with Crippen molar-refractivity contribution in [3.8, 4) is 0 Å². The maximum Gasteiger partial charge on any atom is 0.152 e. The fourth-order valence-electron chi connectivity index (χ4n) is 2.21. The Hall–Kier alpha value is -1.31. The van der Waals surface area contributed by atoms with Crippen LogP contribution in [0.1, 0.15) is 29.8 Å². The van der Waals surface area contributed by atoms with Crippen LogP contribution < -0.4 is 4.90 Å². The average Bonchev–Trinajstić information content (AvgIpc) is 2.14. The number of anilines is 1.